The van der Waals surface area contributed by atoms with Gasteiger partial charge in [0.1, 0.15) is 0 Å². The summed E-state index contributed by atoms with van der Waals surface area (Å²) in [5, 5.41) is 0.902. The van der Waals surface area contributed by atoms with E-state index in [1.807, 2.05) is 12.1 Å². The fourth-order valence-corrected chi connectivity index (χ4v) is 3.39. The largest absolute Gasteiger partial charge is 0.297 e. The number of nitrogens with zero attached hydrogens (tertiary/aromatic N) is 1. The van der Waals surface area contributed by atoms with Crippen molar-refractivity contribution in [3.8, 4) is 0 Å². The van der Waals surface area contributed by atoms with E-state index in [0.717, 1.165) is 21.7 Å². The molecule has 1 heterocycles. The van der Waals surface area contributed by atoms with E-state index in [1.165, 1.54) is 21.4 Å². The lowest BCUT2D eigenvalue weighted by molar-refractivity contribution is 0.800. The van der Waals surface area contributed by atoms with Crippen molar-refractivity contribution < 1.29 is 0 Å². The molecular weight excluding hydrogens is 346 g/mol. The standard InChI is InChI=1S/C16H16BrN3S/c1-10-3-4-11(2)15-14(10)19-16(21-15)20-18-9-12-5-7-13(17)8-6-12/h3-8,18H,9H2,1-2H3,(H,19,20). The normalized spacial score (nSPS) is 11.0. The lowest BCUT2D eigenvalue weighted by Crippen LogP contribution is -2.20. The second kappa shape index (κ2) is 6.13. The van der Waals surface area contributed by atoms with Gasteiger partial charge in [-0.25, -0.2) is 10.4 Å². The van der Waals surface area contributed by atoms with Crippen LogP contribution in [0, 0.1) is 13.8 Å². The Kier molecular flexibility index (Phi) is 4.24. The number of fused-ring (bicyclic) bond motifs is 1. The first kappa shape index (κ1) is 14.5. The molecule has 0 saturated heterocycles. The molecule has 5 heteroatoms. The van der Waals surface area contributed by atoms with Crippen molar-refractivity contribution in [1.29, 1.82) is 0 Å². The van der Waals surface area contributed by atoms with E-state index in [2.05, 4.69) is 69.9 Å². The van der Waals surface area contributed by atoms with Gasteiger partial charge in [0.15, 0.2) is 5.13 Å². The number of aromatic nitrogens is 1. The first-order chi connectivity index (χ1) is 10.1. The monoisotopic (exact) mass is 361 g/mol. The third-order valence-electron chi connectivity index (χ3n) is 3.34. The summed E-state index contributed by atoms with van der Waals surface area (Å²) in [6.45, 7) is 4.97. The van der Waals surface area contributed by atoms with Gasteiger partial charge in [0.25, 0.3) is 0 Å². The Morgan fingerprint density at radius 3 is 2.48 bits per heavy atom. The number of hydrogen-bond donors (Lipinski definition) is 2. The van der Waals surface area contributed by atoms with Crippen molar-refractivity contribution in [1.82, 2.24) is 10.4 Å². The minimum Gasteiger partial charge on any atom is -0.297 e. The third-order valence-corrected chi connectivity index (χ3v) is 4.98. The highest BCUT2D eigenvalue weighted by atomic mass is 79.9. The summed E-state index contributed by atoms with van der Waals surface area (Å²) in [6, 6.07) is 12.5. The molecule has 2 aromatic carbocycles. The number of halogens is 1. The lowest BCUT2D eigenvalue weighted by atomic mass is 10.1. The molecule has 0 saturated carbocycles. The van der Waals surface area contributed by atoms with Crippen LogP contribution in [0.3, 0.4) is 0 Å². The van der Waals surface area contributed by atoms with E-state index in [9.17, 15) is 0 Å². The first-order valence-corrected chi connectivity index (χ1v) is 8.34. The van der Waals surface area contributed by atoms with Crippen LogP contribution in [0.25, 0.3) is 10.2 Å². The Morgan fingerprint density at radius 2 is 1.76 bits per heavy atom. The van der Waals surface area contributed by atoms with Crippen LogP contribution in [-0.2, 0) is 6.54 Å². The van der Waals surface area contributed by atoms with Crippen molar-refractivity contribution in [2.45, 2.75) is 20.4 Å². The molecule has 0 aliphatic heterocycles. The zero-order valence-corrected chi connectivity index (χ0v) is 14.3. The number of rotatable bonds is 4. The fourth-order valence-electron chi connectivity index (χ4n) is 2.14. The quantitative estimate of drug-likeness (QED) is 0.655. The highest BCUT2D eigenvalue weighted by Crippen LogP contribution is 2.30. The van der Waals surface area contributed by atoms with Crippen LogP contribution in [0.4, 0.5) is 5.13 Å². The molecule has 0 atom stereocenters. The number of benzene rings is 2. The van der Waals surface area contributed by atoms with E-state index >= 15 is 0 Å². The lowest BCUT2D eigenvalue weighted by Gasteiger charge is -2.05. The summed E-state index contributed by atoms with van der Waals surface area (Å²) in [4.78, 5) is 4.66. The van der Waals surface area contributed by atoms with Crippen molar-refractivity contribution in [3.05, 3.63) is 57.6 Å². The van der Waals surface area contributed by atoms with Gasteiger partial charge in [-0.1, -0.05) is 51.5 Å². The Labute approximate surface area is 136 Å². The van der Waals surface area contributed by atoms with E-state index in [1.54, 1.807) is 11.3 Å². The minimum absolute atomic E-state index is 0.751. The van der Waals surface area contributed by atoms with Gasteiger partial charge in [-0.15, -0.1) is 0 Å². The van der Waals surface area contributed by atoms with E-state index in [0.29, 0.717) is 0 Å². The molecule has 0 fully saturated rings. The van der Waals surface area contributed by atoms with Gasteiger partial charge in [0.05, 0.1) is 10.2 Å². The summed E-state index contributed by atoms with van der Waals surface area (Å²) >= 11 is 5.12. The molecule has 0 amide bonds. The molecule has 0 radical (unpaired) electrons. The summed E-state index contributed by atoms with van der Waals surface area (Å²) < 4.78 is 2.35. The molecule has 0 bridgehead atoms. The highest BCUT2D eigenvalue weighted by Gasteiger charge is 2.07. The maximum atomic E-state index is 4.66. The predicted molar refractivity (Wildman–Crippen MR) is 93.7 cm³/mol. The second-order valence-corrected chi connectivity index (χ2v) is 6.92. The van der Waals surface area contributed by atoms with E-state index < -0.39 is 0 Å². The summed E-state index contributed by atoms with van der Waals surface area (Å²) in [6.07, 6.45) is 0. The maximum absolute atomic E-state index is 4.66. The van der Waals surface area contributed by atoms with Crippen LogP contribution in [0.15, 0.2) is 40.9 Å². The van der Waals surface area contributed by atoms with E-state index in [-0.39, 0.29) is 0 Å². The van der Waals surface area contributed by atoms with Gasteiger partial charge < -0.3 is 0 Å². The Balaban J connectivity index is 1.69. The molecule has 0 aliphatic carbocycles. The average Bonchev–Trinajstić information content (AvgIpc) is 2.91. The minimum atomic E-state index is 0.751. The summed E-state index contributed by atoms with van der Waals surface area (Å²) in [5.74, 6) is 0. The Hall–Kier alpha value is -1.43. The molecule has 108 valence electrons. The molecule has 21 heavy (non-hydrogen) atoms. The fraction of sp³-hybridized carbons (Fsp3) is 0.188. The van der Waals surface area contributed by atoms with Crippen LogP contribution in [0.1, 0.15) is 16.7 Å². The van der Waals surface area contributed by atoms with Crippen molar-refractivity contribution in [3.63, 3.8) is 0 Å². The molecule has 3 aromatic rings. The van der Waals surface area contributed by atoms with Gasteiger partial charge in [0.2, 0.25) is 0 Å². The molecule has 0 aliphatic rings. The SMILES string of the molecule is Cc1ccc(C)c2sc(NNCc3ccc(Br)cc3)nc12. The number of anilines is 1. The number of nitrogens with one attached hydrogen (secondary N) is 2. The van der Waals surface area contributed by atoms with Crippen LogP contribution in [0.2, 0.25) is 0 Å². The molecule has 3 nitrogen and oxygen atoms in total. The molecule has 1 aromatic heterocycles. The molecule has 3 rings (SSSR count). The highest BCUT2D eigenvalue weighted by molar-refractivity contribution is 9.10. The van der Waals surface area contributed by atoms with Crippen LogP contribution in [-0.4, -0.2) is 4.98 Å². The van der Waals surface area contributed by atoms with Gasteiger partial charge in [-0.3, -0.25) is 5.43 Å². The first-order valence-electron chi connectivity index (χ1n) is 6.73. The van der Waals surface area contributed by atoms with Gasteiger partial charge in [-0.2, -0.15) is 0 Å². The summed E-state index contributed by atoms with van der Waals surface area (Å²) in [5.41, 5.74) is 11.2. The number of aryl methyl sites for hydroxylation is 2. The number of hydrazine groups is 1. The molecule has 2 N–H and O–H groups in total. The zero-order valence-electron chi connectivity index (χ0n) is 11.9. The van der Waals surface area contributed by atoms with E-state index in [4.69, 9.17) is 0 Å². The van der Waals surface area contributed by atoms with Gasteiger partial charge in [-0.05, 0) is 42.7 Å². The number of thiazole rings is 1. The smallest absolute Gasteiger partial charge is 0.198 e. The molecule has 0 unspecified atom stereocenters. The average molecular weight is 362 g/mol. The van der Waals surface area contributed by atoms with Gasteiger partial charge >= 0.3 is 0 Å². The van der Waals surface area contributed by atoms with Crippen LogP contribution in [0.5, 0.6) is 0 Å². The molecule has 0 spiro atoms. The Morgan fingerprint density at radius 1 is 1.05 bits per heavy atom. The number of hydrogen-bond acceptors (Lipinski definition) is 4. The predicted octanol–water partition coefficient (Wildman–Crippen LogP) is 4.79. The van der Waals surface area contributed by atoms with Gasteiger partial charge in [0, 0.05) is 11.0 Å². The Bertz CT molecular complexity index is 726. The zero-order chi connectivity index (χ0) is 14.8. The van der Waals surface area contributed by atoms with Crippen LogP contribution < -0.4 is 10.9 Å². The van der Waals surface area contributed by atoms with Crippen LogP contribution >= 0.6 is 27.3 Å². The molecular formula is C16H16BrN3S. The van der Waals surface area contributed by atoms with Crippen molar-refractivity contribution in [2.24, 2.45) is 0 Å². The van der Waals surface area contributed by atoms with Crippen molar-refractivity contribution >= 4 is 42.6 Å². The van der Waals surface area contributed by atoms with Crippen molar-refractivity contribution in [2.75, 3.05) is 5.43 Å². The second-order valence-electron chi connectivity index (χ2n) is 5.00. The third kappa shape index (κ3) is 3.26. The maximum Gasteiger partial charge on any atom is 0.198 e. The topological polar surface area (TPSA) is 37.0 Å². The summed E-state index contributed by atoms with van der Waals surface area (Å²) in [7, 11) is 0.